The first-order chi connectivity index (χ1) is 3.63. The molecule has 0 aromatic carbocycles. The minimum atomic E-state index is 0. The summed E-state index contributed by atoms with van der Waals surface area (Å²) < 4.78 is 0.284. The fourth-order valence-corrected chi connectivity index (χ4v) is 0.249. The zero-order valence-corrected chi connectivity index (χ0v) is 10.5. The molecule has 0 atom stereocenters. The third kappa shape index (κ3) is 12.6. The minimum absolute atomic E-state index is 0. The van der Waals surface area contributed by atoms with Gasteiger partial charge in [-0.2, -0.15) is 5.10 Å². The van der Waals surface area contributed by atoms with Crippen molar-refractivity contribution in [3.63, 3.8) is 0 Å². The molecule has 9 heavy (non-hydrogen) atoms. The van der Waals surface area contributed by atoms with Gasteiger partial charge in [-0.25, -0.2) is 0 Å². The maximum atomic E-state index is 4.51. The quantitative estimate of drug-likeness (QED) is 0.165. The molecule has 0 spiro atoms. The molecule has 0 unspecified atom stereocenters. The largest absolute Gasteiger partial charge is 1.00 e. The van der Waals surface area contributed by atoms with E-state index in [-0.39, 0.29) is 55.7 Å². The second-order valence-electron chi connectivity index (χ2n) is 1.46. The number of nitrogens with zero attached hydrogens (tertiary/aromatic N) is 1. The van der Waals surface area contributed by atoms with Gasteiger partial charge in [0.15, 0.2) is 0 Å². The molecule has 0 radical (unpaired) electrons. The maximum Gasteiger partial charge on any atom is 1.00 e. The van der Waals surface area contributed by atoms with E-state index in [0.29, 0.717) is 0 Å². The Bertz CT molecular complexity index is 120. The monoisotopic (exact) mass is 186 g/mol. The van der Waals surface area contributed by atoms with Crippen molar-refractivity contribution in [3.8, 4) is 0 Å². The summed E-state index contributed by atoms with van der Waals surface area (Å²) in [6, 6.07) is 0. The van der Waals surface area contributed by atoms with Crippen molar-refractivity contribution in [2.24, 2.45) is 5.10 Å². The maximum absolute atomic E-state index is 4.51. The Hall–Kier alpha value is 1.42. The third-order valence-corrected chi connectivity index (χ3v) is 0.553. The number of thiocarbonyl (C=S) groups is 1. The molecule has 0 aliphatic heterocycles. The molecule has 0 aromatic rings. The molecular formula is C4H7KN2S2. The van der Waals surface area contributed by atoms with Gasteiger partial charge >= 0.3 is 51.4 Å². The Morgan fingerprint density at radius 1 is 1.56 bits per heavy atom. The van der Waals surface area contributed by atoms with Gasteiger partial charge in [-0.15, -0.1) is 0 Å². The van der Waals surface area contributed by atoms with Crippen molar-refractivity contribution in [2.45, 2.75) is 13.8 Å². The van der Waals surface area contributed by atoms with Crippen LogP contribution in [0.5, 0.6) is 0 Å². The van der Waals surface area contributed by atoms with Gasteiger partial charge in [-0.1, -0.05) is 0 Å². The molecule has 0 fully saturated rings. The first-order valence-corrected chi connectivity index (χ1v) is 2.92. The number of rotatable bonds is 1. The molecule has 0 amide bonds. The molecule has 0 heterocycles. The van der Waals surface area contributed by atoms with Crippen LogP contribution in [0.2, 0.25) is 0 Å². The Kier molecular flexibility index (Phi) is 10.9. The molecule has 0 aliphatic carbocycles. The Morgan fingerprint density at radius 3 is 2.11 bits per heavy atom. The van der Waals surface area contributed by atoms with Gasteiger partial charge in [0.1, 0.15) is 0 Å². The van der Waals surface area contributed by atoms with E-state index >= 15 is 0 Å². The van der Waals surface area contributed by atoms with E-state index in [2.05, 4.69) is 35.4 Å². The van der Waals surface area contributed by atoms with Crippen LogP contribution >= 0.6 is 12.2 Å². The molecule has 0 saturated heterocycles. The molecule has 0 saturated carbocycles. The van der Waals surface area contributed by atoms with E-state index < -0.39 is 0 Å². The van der Waals surface area contributed by atoms with Crippen molar-refractivity contribution in [1.82, 2.24) is 5.43 Å². The third-order valence-electron chi connectivity index (χ3n) is 0.371. The second-order valence-corrected chi connectivity index (χ2v) is 2.53. The summed E-state index contributed by atoms with van der Waals surface area (Å²) >= 11 is 9.02. The van der Waals surface area contributed by atoms with Crippen LogP contribution in [0.1, 0.15) is 13.8 Å². The molecule has 0 aromatic heterocycles. The zero-order chi connectivity index (χ0) is 6.57. The van der Waals surface area contributed by atoms with Crippen molar-refractivity contribution in [2.75, 3.05) is 0 Å². The van der Waals surface area contributed by atoms with Crippen molar-refractivity contribution < 1.29 is 51.4 Å². The van der Waals surface area contributed by atoms with Gasteiger partial charge < -0.3 is 24.8 Å². The summed E-state index contributed by atoms with van der Waals surface area (Å²) in [5, 5.41) is 3.75. The molecule has 0 rings (SSSR count). The second kappa shape index (κ2) is 7.52. The van der Waals surface area contributed by atoms with Gasteiger partial charge in [0.05, 0.1) is 0 Å². The Labute approximate surface area is 109 Å². The van der Waals surface area contributed by atoms with Crippen LogP contribution in [0.15, 0.2) is 5.10 Å². The van der Waals surface area contributed by atoms with Crippen LogP contribution in [0.3, 0.4) is 0 Å². The van der Waals surface area contributed by atoms with Crippen molar-refractivity contribution in [1.29, 1.82) is 0 Å². The Morgan fingerprint density at radius 2 is 2.00 bits per heavy atom. The van der Waals surface area contributed by atoms with E-state index in [1.807, 2.05) is 13.8 Å². The molecule has 5 heteroatoms. The minimum Gasteiger partial charge on any atom is -0.410 e. The molecule has 1 N–H and O–H groups in total. The van der Waals surface area contributed by atoms with Gasteiger partial charge in [-0.05, 0) is 18.2 Å². The van der Waals surface area contributed by atoms with Gasteiger partial charge in [0.2, 0.25) is 0 Å². The van der Waals surface area contributed by atoms with Crippen LogP contribution in [-0.4, -0.2) is 10.0 Å². The predicted octanol–water partition coefficient (Wildman–Crippen LogP) is -2.19. The number of hydrogen-bond acceptors (Lipinski definition) is 3. The summed E-state index contributed by atoms with van der Waals surface area (Å²) in [5.74, 6) is 0. The molecular weight excluding hydrogens is 179 g/mol. The van der Waals surface area contributed by atoms with Crippen LogP contribution < -0.4 is 56.8 Å². The van der Waals surface area contributed by atoms with Gasteiger partial charge in [-0.3, -0.25) is 5.43 Å². The normalized spacial score (nSPS) is 6.89. The van der Waals surface area contributed by atoms with E-state index in [4.69, 9.17) is 0 Å². The van der Waals surface area contributed by atoms with Crippen LogP contribution in [0.25, 0.3) is 0 Å². The fourth-order valence-electron chi connectivity index (χ4n) is 0.157. The van der Waals surface area contributed by atoms with Crippen LogP contribution in [0, 0.1) is 0 Å². The van der Waals surface area contributed by atoms with Crippen molar-refractivity contribution >= 4 is 34.9 Å². The smallest absolute Gasteiger partial charge is 0.410 e. The number of nitrogens with one attached hydrogen (secondary N) is 1. The average Bonchev–Trinajstić information content (AvgIpc) is 1.61. The molecule has 0 aliphatic rings. The molecule has 2 nitrogen and oxygen atoms in total. The topological polar surface area (TPSA) is 24.4 Å². The number of hydrogen-bond donors (Lipinski definition) is 1. The van der Waals surface area contributed by atoms with E-state index in [9.17, 15) is 0 Å². The summed E-state index contributed by atoms with van der Waals surface area (Å²) in [6.45, 7) is 3.72. The fraction of sp³-hybridized carbons (Fsp3) is 0.500. The van der Waals surface area contributed by atoms with Gasteiger partial charge in [0, 0.05) is 5.71 Å². The molecule has 46 valence electrons. The van der Waals surface area contributed by atoms with Crippen LogP contribution in [-0.2, 0) is 12.6 Å². The van der Waals surface area contributed by atoms with E-state index in [1.165, 1.54) is 0 Å². The average molecular weight is 186 g/mol. The van der Waals surface area contributed by atoms with Crippen LogP contribution in [0.4, 0.5) is 0 Å². The van der Waals surface area contributed by atoms with E-state index in [1.54, 1.807) is 0 Å². The summed E-state index contributed by atoms with van der Waals surface area (Å²) in [6.07, 6.45) is 0. The summed E-state index contributed by atoms with van der Waals surface area (Å²) in [7, 11) is 0. The van der Waals surface area contributed by atoms with Gasteiger partial charge in [0.25, 0.3) is 0 Å². The SMILES string of the molecule is CC(C)=NNC(=S)[S-].[K+]. The summed E-state index contributed by atoms with van der Waals surface area (Å²) in [5.41, 5.74) is 3.39. The first kappa shape index (κ1) is 13.0. The predicted molar refractivity (Wildman–Crippen MR) is 41.9 cm³/mol. The zero-order valence-electron chi connectivity index (χ0n) is 5.76. The molecule has 0 bridgehead atoms. The van der Waals surface area contributed by atoms with Crippen molar-refractivity contribution in [3.05, 3.63) is 0 Å². The number of hydrazone groups is 1. The van der Waals surface area contributed by atoms with E-state index in [0.717, 1.165) is 5.71 Å². The Balaban J connectivity index is 0. The first-order valence-electron chi connectivity index (χ1n) is 2.11. The standard InChI is InChI=1S/C4H8N2S2.K/c1-3(2)5-6-4(7)8;/h1-2H3,(H2,6,7,8);/q;+1/p-1. The summed E-state index contributed by atoms with van der Waals surface area (Å²) in [4.78, 5) is 0.